The largest absolute Gasteiger partial charge is 0.337 e. The van der Waals surface area contributed by atoms with Gasteiger partial charge in [0.05, 0.1) is 10.4 Å². The molecule has 2 nitrogen and oxygen atoms in total. The standard InChI is InChI=1S/C11H6BrFN2S/c12-6-4-5-16-10(6)11-14-8-3-1-2-7(13)9(8)15-11/h1-5H,(H,14,15). The Morgan fingerprint density at radius 1 is 1.31 bits per heavy atom. The molecule has 0 atom stereocenters. The molecule has 0 unspecified atom stereocenters. The normalized spacial score (nSPS) is 11.1. The van der Waals surface area contributed by atoms with Crippen LogP contribution in [-0.4, -0.2) is 9.97 Å². The molecule has 0 radical (unpaired) electrons. The number of aromatic nitrogens is 2. The first kappa shape index (κ1) is 9.99. The molecule has 0 fully saturated rings. The maximum absolute atomic E-state index is 13.5. The first-order valence-corrected chi connectivity index (χ1v) is 6.30. The Morgan fingerprint density at radius 3 is 2.88 bits per heavy atom. The minimum Gasteiger partial charge on any atom is -0.337 e. The summed E-state index contributed by atoms with van der Waals surface area (Å²) in [5, 5.41) is 1.96. The summed E-state index contributed by atoms with van der Waals surface area (Å²) < 4.78 is 14.4. The van der Waals surface area contributed by atoms with Gasteiger partial charge in [-0.25, -0.2) is 9.37 Å². The highest BCUT2D eigenvalue weighted by molar-refractivity contribution is 9.10. The number of para-hydroxylation sites is 1. The van der Waals surface area contributed by atoms with E-state index in [-0.39, 0.29) is 5.82 Å². The summed E-state index contributed by atoms with van der Waals surface area (Å²) in [6.45, 7) is 0. The van der Waals surface area contributed by atoms with E-state index in [1.807, 2.05) is 17.5 Å². The van der Waals surface area contributed by atoms with E-state index in [0.29, 0.717) is 11.3 Å². The van der Waals surface area contributed by atoms with Crippen LogP contribution in [0.25, 0.3) is 21.7 Å². The highest BCUT2D eigenvalue weighted by atomic mass is 79.9. The van der Waals surface area contributed by atoms with Gasteiger partial charge in [0.25, 0.3) is 0 Å². The topological polar surface area (TPSA) is 28.7 Å². The molecule has 2 aromatic heterocycles. The minimum atomic E-state index is -0.298. The number of nitrogens with zero attached hydrogens (tertiary/aromatic N) is 1. The van der Waals surface area contributed by atoms with Crippen LogP contribution in [0.4, 0.5) is 4.39 Å². The van der Waals surface area contributed by atoms with Crippen molar-refractivity contribution in [2.45, 2.75) is 0 Å². The molecule has 0 aliphatic carbocycles. The Bertz CT molecular complexity index is 659. The number of imidazole rings is 1. The second-order valence-corrected chi connectivity index (χ2v) is 5.09. The number of nitrogens with one attached hydrogen (secondary N) is 1. The van der Waals surface area contributed by atoms with Crippen molar-refractivity contribution >= 4 is 38.3 Å². The smallest absolute Gasteiger partial charge is 0.151 e. The van der Waals surface area contributed by atoms with E-state index < -0.39 is 0 Å². The average Bonchev–Trinajstić information content (AvgIpc) is 2.84. The fourth-order valence-electron chi connectivity index (χ4n) is 1.57. The minimum absolute atomic E-state index is 0.298. The number of rotatable bonds is 1. The molecule has 0 spiro atoms. The molecule has 0 saturated heterocycles. The number of benzene rings is 1. The predicted octanol–water partition coefficient (Wildman–Crippen LogP) is 4.19. The zero-order valence-corrected chi connectivity index (χ0v) is 10.4. The molecule has 2 heterocycles. The molecule has 1 aromatic carbocycles. The summed E-state index contributed by atoms with van der Waals surface area (Å²) in [7, 11) is 0. The summed E-state index contributed by atoms with van der Waals surface area (Å²) in [5.74, 6) is 0.398. The number of H-pyrrole nitrogens is 1. The lowest BCUT2D eigenvalue weighted by molar-refractivity contribution is 0.637. The van der Waals surface area contributed by atoms with E-state index in [4.69, 9.17) is 0 Å². The fourth-order valence-corrected chi connectivity index (χ4v) is 3.07. The first-order chi connectivity index (χ1) is 7.75. The van der Waals surface area contributed by atoms with E-state index in [1.165, 1.54) is 6.07 Å². The molecule has 0 saturated carbocycles. The van der Waals surface area contributed by atoms with Crippen LogP contribution in [0.5, 0.6) is 0 Å². The number of hydrogen-bond donors (Lipinski definition) is 1. The van der Waals surface area contributed by atoms with E-state index in [0.717, 1.165) is 14.9 Å². The highest BCUT2D eigenvalue weighted by Crippen LogP contribution is 2.32. The second kappa shape index (κ2) is 3.68. The van der Waals surface area contributed by atoms with Gasteiger partial charge in [-0.2, -0.15) is 0 Å². The average molecular weight is 297 g/mol. The lowest BCUT2D eigenvalue weighted by atomic mass is 10.3. The summed E-state index contributed by atoms with van der Waals surface area (Å²) >= 11 is 5.00. The van der Waals surface area contributed by atoms with Crippen molar-refractivity contribution in [2.24, 2.45) is 0 Å². The van der Waals surface area contributed by atoms with Gasteiger partial charge in [-0.15, -0.1) is 11.3 Å². The van der Waals surface area contributed by atoms with Gasteiger partial charge in [0.2, 0.25) is 0 Å². The molecule has 3 aromatic rings. The van der Waals surface area contributed by atoms with Crippen LogP contribution in [0.1, 0.15) is 0 Å². The lowest BCUT2D eigenvalue weighted by Gasteiger charge is -1.90. The number of hydrogen-bond acceptors (Lipinski definition) is 2. The third-order valence-corrected chi connectivity index (χ3v) is 4.14. The van der Waals surface area contributed by atoms with Crippen molar-refractivity contribution in [3.8, 4) is 10.7 Å². The monoisotopic (exact) mass is 296 g/mol. The summed E-state index contributed by atoms with van der Waals surface area (Å²) in [4.78, 5) is 8.36. The van der Waals surface area contributed by atoms with E-state index in [9.17, 15) is 4.39 Å². The van der Waals surface area contributed by atoms with Gasteiger partial charge in [-0.1, -0.05) is 6.07 Å². The van der Waals surface area contributed by atoms with E-state index in [2.05, 4.69) is 25.9 Å². The molecule has 0 aliphatic rings. The summed E-state index contributed by atoms with van der Waals surface area (Å²) in [5.41, 5.74) is 1.10. The van der Waals surface area contributed by atoms with Crippen LogP contribution in [-0.2, 0) is 0 Å². The molecule has 5 heteroatoms. The molecular weight excluding hydrogens is 291 g/mol. The van der Waals surface area contributed by atoms with Crippen LogP contribution >= 0.6 is 27.3 Å². The number of aromatic amines is 1. The molecule has 0 amide bonds. The van der Waals surface area contributed by atoms with Crippen LogP contribution in [0, 0.1) is 5.82 Å². The highest BCUT2D eigenvalue weighted by Gasteiger charge is 2.11. The van der Waals surface area contributed by atoms with Crippen LogP contribution in [0.2, 0.25) is 0 Å². The zero-order chi connectivity index (χ0) is 11.1. The van der Waals surface area contributed by atoms with Crippen molar-refractivity contribution in [1.29, 1.82) is 0 Å². The molecule has 0 bridgehead atoms. The van der Waals surface area contributed by atoms with Crippen molar-refractivity contribution in [1.82, 2.24) is 9.97 Å². The number of halogens is 2. The number of thiophene rings is 1. The Labute approximate surface area is 103 Å². The van der Waals surface area contributed by atoms with E-state index >= 15 is 0 Å². The predicted molar refractivity (Wildman–Crippen MR) is 67.1 cm³/mol. The second-order valence-electron chi connectivity index (χ2n) is 3.32. The van der Waals surface area contributed by atoms with Gasteiger partial charge in [0.15, 0.2) is 5.82 Å². The van der Waals surface area contributed by atoms with Crippen molar-refractivity contribution in [2.75, 3.05) is 0 Å². The van der Waals surface area contributed by atoms with E-state index in [1.54, 1.807) is 17.4 Å². The summed E-state index contributed by atoms with van der Waals surface area (Å²) in [6.07, 6.45) is 0. The Morgan fingerprint density at radius 2 is 2.19 bits per heavy atom. The van der Waals surface area contributed by atoms with Gasteiger partial charge in [-0.3, -0.25) is 0 Å². The summed E-state index contributed by atoms with van der Waals surface area (Å²) in [6, 6.07) is 6.85. The van der Waals surface area contributed by atoms with Crippen LogP contribution in [0.3, 0.4) is 0 Å². The molecule has 16 heavy (non-hydrogen) atoms. The SMILES string of the molecule is Fc1cccc2[nH]c(-c3sccc3Br)nc12. The van der Waals surface area contributed by atoms with Crippen LogP contribution in [0.15, 0.2) is 34.1 Å². The molecular formula is C11H6BrFN2S. The molecule has 0 aliphatic heterocycles. The Kier molecular flexibility index (Phi) is 2.29. The van der Waals surface area contributed by atoms with Gasteiger partial charge in [0.1, 0.15) is 11.3 Å². The van der Waals surface area contributed by atoms with Gasteiger partial charge in [0, 0.05) is 4.47 Å². The zero-order valence-electron chi connectivity index (χ0n) is 8.00. The van der Waals surface area contributed by atoms with Crippen LogP contribution < -0.4 is 0 Å². The quantitative estimate of drug-likeness (QED) is 0.716. The molecule has 80 valence electrons. The van der Waals surface area contributed by atoms with Gasteiger partial charge < -0.3 is 4.98 Å². The van der Waals surface area contributed by atoms with Gasteiger partial charge in [-0.05, 0) is 39.5 Å². The lowest BCUT2D eigenvalue weighted by Crippen LogP contribution is -1.76. The van der Waals surface area contributed by atoms with Gasteiger partial charge >= 0.3 is 0 Å². The third-order valence-electron chi connectivity index (χ3n) is 2.30. The maximum Gasteiger partial charge on any atom is 0.151 e. The molecule has 3 rings (SSSR count). The third kappa shape index (κ3) is 1.47. The Balaban J connectivity index is 2.27. The number of fused-ring (bicyclic) bond motifs is 1. The van der Waals surface area contributed by atoms with Crippen molar-refractivity contribution in [3.63, 3.8) is 0 Å². The van der Waals surface area contributed by atoms with Crippen molar-refractivity contribution in [3.05, 3.63) is 39.9 Å². The fraction of sp³-hybridized carbons (Fsp3) is 0. The Hall–Kier alpha value is -1.20. The first-order valence-electron chi connectivity index (χ1n) is 4.63. The van der Waals surface area contributed by atoms with Crippen molar-refractivity contribution < 1.29 is 4.39 Å². The maximum atomic E-state index is 13.5. The molecule has 1 N–H and O–H groups in total.